The molecule has 1 atom stereocenters. The largest absolute Gasteiger partial charge is 0.383 e. The molecule has 116 valence electrons. The average molecular weight is 285 g/mol. The Morgan fingerprint density at radius 1 is 1.35 bits per heavy atom. The van der Waals surface area contributed by atoms with E-state index in [0.29, 0.717) is 19.7 Å². The average Bonchev–Trinajstić information content (AvgIpc) is 2.92. The first-order chi connectivity index (χ1) is 9.46. The number of ether oxygens (including phenoxy) is 1. The maximum Gasteiger partial charge on any atom is 0.241 e. The summed E-state index contributed by atoms with van der Waals surface area (Å²) in [6.45, 7) is 4.61. The van der Waals surface area contributed by atoms with Crippen molar-refractivity contribution in [3.05, 3.63) is 0 Å². The van der Waals surface area contributed by atoms with Crippen molar-refractivity contribution in [3.8, 4) is 0 Å². The molecule has 0 aliphatic carbocycles. The third-order valence-electron chi connectivity index (χ3n) is 4.05. The second-order valence-corrected chi connectivity index (χ2v) is 5.57. The standard InChI is InChI=1S/C14H27N3O3/c1-5-14(6-7-15-11-14)13(19)17(8-9-20-4)10-12(18)16(2)3/h15H,5-11H2,1-4H3. The van der Waals surface area contributed by atoms with Gasteiger partial charge in [-0.25, -0.2) is 0 Å². The Labute approximate surface area is 121 Å². The van der Waals surface area contributed by atoms with E-state index < -0.39 is 0 Å². The van der Waals surface area contributed by atoms with Crippen molar-refractivity contribution in [2.24, 2.45) is 5.41 Å². The zero-order valence-electron chi connectivity index (χ0n) is 13.1. The van der Waals surface area contributed by atoms with E-state index in [1.807, 2.05) is 6.92 Å². The Morgan fingerprint density at radius 3 is 2.50 bits per heavy atom. The lowest BCUT2D eigenvalue weighted by Gasteiger charge is -2.33. The number of nitrogens with one attached hydrogen (secondary N) is 1. The molecule has 0 spiro atoms. The summed E-state index contributed by atoms with van der Waals surface area (Å²) in [5.74, 6) is 0.00362. The van der Waals surface area contributed by atoms with E-state index in [9.17, 15) is 9.59 Å². The van der Waals surface area contributed by atoms with Gasteiger partial charge in [-0.3, -0.25) is 9.59 Å². The maximum absolute atomic E-state index is 12.8. The van der Waals surface area contributed by atoms with Crippen LogP contribution in [0.3, 0.4) is 0 Å². The van der Waals surface area contributed by atoms with Gasteiger partial charge in [-0.15, -0.1) is 0 Å². The first-order valence-electron chi connectivity index (χ1n) is 7.16. The van der Waals surface area contributed by atoms with Crippen LogP contribution >= 0.6 is 0 Å². The number of likely N-dealkylation sites (N-methyl/N-ethyl adjacent to an activating group) is 1. The van der Waals surface area contributed by atoms with Crippen LogP contribution in [-0.4, -0.2) is 75.6 Å². The Morgan fingerprint density at radius 2 is 2.05 bits per heavy atom. The number of hydrogen-bond donors (Lipinski definition) is 1. The minimum absolute atomic E-state index is 0.0633. The van der Waals surface area contributed by atoms with Crippen LogP contribution in [0, 0.1) is 5.41 Å². The third kappa shape index (κ3) is 3.93. The lowest BCUT2D eigenvalue weighted by Crippen LogP contribution is -2.49. The number of rotatable bonds is 7. The molecule has 1 unspecified atom stereocenters. The number of nitrogens with zero attached hydrogens (tertiary/aromatic N) is 2. The van der Waals surface area contributed by atoms with Gasteiger partial charge < -0.3 is 19.9 Å². The molecule has 1 aliphatic heterocycles. The molecule has 1 N–H and O–H groups in total. The van der Waals surface area contributed by atoms with Crippen LogP contribution in [0.25, 0.3) is 0 Å². The molecule has 1 rings (SSSR count). The molecular formula is C14H27N3O3. The molecule has 1 heterocycles. The van der Waals surface area contributed by atoms with Gasteiger partial charge >= 0.3 is 0 Å². The number of methoxy groups -OCH3 is 1. The fourth-order valence-electron chi connectivity index (χ4n) is 2.47. The van der Waals surface area contributed by atoms with Crippen molar-refractivity contribution in [2.75, 3.05) is 54.0 Å². The highest BCUT2D eigenvalue weighted by Gasteiger charge is 2.42. The van der Waals surface area contributed by atoms with Crippen LogP contribution in [0.2, 0.25) is 0 Å². The molecule has 1 saturated heterocycles. The van der Waals surface area contributed by atoms with Crippen LogP contribution in [0.4, 0.5) is 0 Å². The summed E-state index contributed by atoms with van der Waals surface area (Å²) in [6.07, 6.45) is 1.63. The van der Waals surface area contributed by atoms with Crippen molar-refractivity contribution in [1.82, 2.24) is 15.1 Å². The lowest BCUT2D eigenvalue weighted by atomic mass is 9.82. The highest BCUT2D eigenvalue weighted by atomic mass is 16.5. The molecule has 0 radical (unpaired) electrons. The normalized spacial score (nSPS) is 21.8. The third-order valence-corrected chi connectivity index (χ3v) is 4.05. The summed E-state index contributed by atoms with van der Waals surface area (Å²) < 4.78 is 5.06. The van der Waals surface area contributed by atoms with Gasteiger partial charge in [0, 0.05) is 34.3 Å². The van der Waals surface area contributed by atoms with E-state index in [2.05, 4.69) is 5.32 Å². The molecule has 1 fully saturated rings. The van der Waals surface area contributed by atoms with Gasteiger partial charge in [0.1, 0.15) is 0 Å². The first kappa shape index (κ1) is 16.9. The van der Waals surface area contributed by atoms with E-state index in [-0.39, 0.29) is 23.8 Å². The van der Waals surface area contributed by atoms with Gasteiger partial charge in [-0.1, -0.05) is 6.92 Å². The van der Waals surface area contributed by atoms with Crippen molar-refractivity contribution >= 4 is 11.8 Å². The van der Waals surface area contributed by atoms with Gasteiger partial charge in [-0.05, 0) is 19.4 Å². The van der Waals surface area contributed by atoms with Crippen LogP contribution < -0.4 is 5.32 Å². The van der Waals surface area contributed by atoms with Gasteiger partial charge in [0.25, 0.3) is 0 Å². The van der Waals surface area contributed by atoms with Crippen molar-refractivity contribution in [2.45, 2.75) is 19.8 Å². The fraction of sp³-hybridized carbons (Fsp3) is 0.857. The van der Waals surface area contributed by atoms with E-state index in [1.165, 1.54) is 4.90 Å². The molecule has 1 aliphatic rings. The molecule has 0 saturated carbocycles. The molecule has 20 heavy (non-hydrogen) atoms. The molecule has 0 aromatic heterocycles. The zero-order chi connectivity index (χ0) is 15.2. The van der Waals surface area contributed by atoms with E-state index in [4.69, 9.17) is 4.74 Å². The number of carbonyl (C=O) groups is 2. The minimum Gasteiger partial charge on any atom is -0.383 e. The zero-order valence-corrected chi connectivity index (χ0v) is 13.1. The highest BCUT2D eigenvalue weighted by molar-refractivity contribution is 5.88. The quantitative estimate of drug-likeness (QED) is 0.712. The van der Waals surface area contributed by atoms with Crippen molar-refractivity contribution in [1.29, 1.82) is 0 Å². The summed E-state index contributed by atoms with van der Waals surface area (Å²) in [6, 6.07) is 0. The smallest absolute Gasteiger partial charge is 0.241 e. The second-order valence-electron chi connectivity index (χ2n) is 5.57. The van der Waals surface area contributed by atoms with E-state index in [0.717, 1.165) is 19.4 Å². The molecule has 0 aromatic carbocycles. The van der Waals surface area contributed by atoms with Gasteiger partial charge in [0.2, 0.25) is 11.8 Å². The fourth-order valence-corrected chi connectivity index (χ4v) is 2.47. The molecule has 0 aromatic rings. The maximum atomic E-state index is 12.8. The van der Waals surface area contributed by atoms with Crippen molar-refractivity contribution in [3.63, 3.8) is 0 Å². The molecule has 2 amide bonds. The summed E-state index contributed by atoms with van der Waals surface area (Å²) in [5.41, 5.74) is -0.361. The van der Waals surface area contributed by atoms with Crippen molar-refractivity contribution < 1.29 is 14.3 Å². The van der Waals surface area contributed by atoms with Gasteiger partial charge in [0.15, 0.2) is 0 Å². The summed E-state index contributed by atoms with van der Waals surface area (Å²) in [5, 5.41) is 3.26. The molecule has 6 nitrogen and oxygen atoms in total. The summed E-state index contributed by atoms with van der Waals surface area (Å²) >= 11 is 0. The monoisotopic (exact) mass is 285 g/mol. The van der Waals surface area contributed by atoms with Crippen LogP contribution in [-0.2, 0) is 14.3 Å². The lowest BCUT2D eigenvalue weighted by molar-refractivity contribution is -0.146. The van der Waals surface area contributed by atoms with Crippen LogP contribution in [0.5, 0.6) is 0 Å². The topological polar surface area (TPSA) is 61.9 Å². The predicted molar refractivity (Wildman–Crippen MR) is 77.4 cm³/mol. The molecule has 0 bridgehead atoms. The number of carbonyl (C=O) groups excluding carboxylic acids is 2. The summed E-state index contributed by atoms with van der Waals surface area (Å²) in [4.78, 5) is 27.9. The van der Waals surface area contributed by atoms with Crippen LogP contribution in [0.1, 0.15) is 19.8 Å². The van der Waals surface area contributed by atoms with E-state index in [1.54, 1.807) is 26.1 Å². The summed E-state index contributed by atoms with van der Waals surface area (Å²) in [7, 11) is 5.01. The van der Waals surface area contributed by atoms with Crippen LogP contribution in [0.15, 0.2) is 0 Å². The van der Waals surface area contributed by atoms with Gasteiger partial charge in [-0.2, -0.15) is 0 Å². The molecular weight excluding hydrogens is 258 g/mol. The highest BCUT2D eigenvalue weighted by Crippen LogP contribution is 2.31. The molecule has 6 heteroatoms. The van der Waals surface area contributed by atoms with Gasteiger partial charge in [0.05, 0.1) is 18.6 Å². The van der Waals surface area contributed by atoms with E-state index >= 15 is 0 Å². The predicted octanol–water partition coefficient (Wildman–Crippen LogP) is -0.0607. The second kappa shape index (κ2) is 7.59. The number of amides is 2. The SMILES string of the molecule is CCC1(C(=O)N(CCOC)CC(=O)N(C)C)CCNC1. The number of hydrogen-bond acceptors (Lipinski definition) is 4. The Balaban J connectivity index is 2.80. The Hall–Kier alpha value is -1.14. The minimum atomic E-state index is -0.361. The Bertz CT molecular complexity index is 339. The Kier molecular flexibility index (Phi) is 6.42. The first-order valence-corrected chi connectivity index (χ1v) is 7.16.